The summed E-state index contributed by atoms with van der Waals surface area (Å²) in [6.07, 6.45) is 1.64. The number of esters is 1. The standard InChI is InChI=1S/C21H19N7O2/c1-13-7-9-14(10-8-13)18-16(11-28(27-18)15-5-3-2-4-6-15)19(29)30-12-17-24-20(22)26-21(23)25-17/h2-11H,12H2,1H3,(H4,22,23,24,25,26). The van der Waals surface area contributed by atoms with Crippen LogP contribution < -0.4 is 11.5 Å². The van der Waals surface area contributed by atoms with Crippen LogP contribution in [-0.4, -0.2) is 30.7 Å². The van der Waals surface area contributed by atoms with E-state index in [0.717, 1.165) is 16.8 Å². The number of carbonyl (C=O) groups excluding carboxylic acids is 1. The van der Waals surface area contributed by atoms with E-state index in [-0.39, 0.29) is 24.3 Å². The first-order valence-electron chi connectivity index (χ1n) is 9.15. The second-order valence-corrected chi connectivity index (χ2v) is 6.58. The number of ether oxygens (including phenoxy) is 1. The molecule has 2 aromatic carbocycles. The third-order valence-electron chi connectivity index (χ3n) is 4.33. The molecule has 0 saturated heterocycles. The molecule has 4 N–H and O–H groups in total. The highest BCUT2D eigenvalue weighted by Gasteiger charge is 2.20. The van der Waals surface area contributed by atoms with Crippen molar-refractivity contribution in [3.8, 4) is 16.9 Å². The van der Waals surface area contributed by atoms with Crippen molar-refractivity contribution in [1.82, 2.24) is 24.7 Å². The maximum atomic E-state index is 12.9. The summed E-state index contributed by atoms with van der Waals surface area (Å²) in [5.41, 5.74) is 14.7. The Morgan fingerprint density at radius 3 is 2.30 bits per heavy atom. The van der Waals surface area contributed by atoms with Crippen molar-refractivity contribution < 1.29 is 9.53 Å². The Labute approximate surface area is 172 Å². The maximum absolute atomic E-state index is 12.9. The molecule has 9 nitrogen and oxygen atoms in total. The molecule has 150 valence electrons. The van der Waals surface area contributed by atoms with Crippen LogP contribution in [0.1, 0.15) is 21.7 Å². The number of nitrogen functional groups attached to an aromatic ring is 2. The molecule has 0 spiro atoms. The quantitative estimate of drug-likeness (QED) is 0.487. The van der Waals surface area contributed by atoms with E-state index in [1.54, 1.807) is 10.9 Å². The van der Waals surface area contributed by atoms with E-state index in [2.05, 4.69) is 20.1 Å². The highest BCUT2D eigenvalue weighted by Crippen LogP contribution is 2.25. The molecule has 0 bridgehead atoms. The minimum atomic E-state index is -0.565. The monoisotopic (exact) mass is 401 g/mol. The lowest BCUT2D eigenvalue weighted by Gasteiger charge is -2.05. The zero-order valence-corrected chi connectivity index (χ0v) is 16.2. The molecule has 0 atom stereocenters. The van der Waals surface area contributed by atoms with E-state index in [9.17, 15) is 4.79 Å². The molecule has 0 saturated carbocycles. The van der Waals surface area contributed by atoms with Gasteiger partial charge in [0.25, 0.3) is 0 Å². The van der Waals surface area contributed by atoms with Gasteiger partial charge in [-0.2, -0.15) is 20.1 Å². The topological polar surface area (TPSA) is 135 Å². The summed E-state index contributed by atoms with van der Waals surface area (Å²) in [6.45, 7) is 1.80. The molecular formula is C21H19N7O2. The summed E-state index contributed by atoms with van der Waals surface area (Å²) in [6, 6.07) is 17.3. The average Bonchev–Trinajstić information content (AvgIpc) is 3.18. The predicted octanol–water partition coefficient (Wildman–Crippen LogP) is 2.55. The third-order valence-corrected chi connectivity index (χ3v) is 4.33. The molecule has 0 fully saturated rings. The van der Waals surface area contributed by atoms with Crippen molar-refractivity contribution in [3.63, 3.8) is 0 Å². The number of nitrogens with two attached hydrogens (primary N) is 2. The lowest BCUT2D eigenvalue weighted by molar-refractivity contribution is 0.0463. The van der Waals surface area contributed by atoms with Gasteiger partial charge in [-0.05, 0) is 19.1 Å². The van der Waals surface area contributed by atoms with Crippen molar-refractivity contribution in [2.24, 2.45) is 0 Å². The van der Waals surface area contributed by atoms with E-state index in [1.807, 2.05) is 61.5 Å². The average molecular weight is 401 g/mol. The van der Waals surface area contributed by atoms with Gasteiger partial charge < -0.3 is 16.2 Å². The Hall–Kier alpha value is -4.27. The fourth-order valence-corrected chi connectivity index (χ4v) is 2.89. The van der Waals surface area contributed by atoms with Crippen LogP contribution in [0.2, 0.25) is 0 Å². The largest absolute Gasteiger partial charge is 0.454 e. The van der Waals surface area contributed by atoms with Crippen LogP contribution in [0.5, 0.6) is 0 Å². The van der Waals surface area contributed by atoms with Crippen LogP contribution in [0.4, 0.5) is 11.9 Å². The summed E-state index contributed by atoms with van der Waals surface area (Å²) < 4.78 is 7.05. The molecule has 2 aromatic heterocycles. The number of nitrogens with zero attached hydrogens (tertiary/aromatic N) is 5. The molecule has 4 aromatic rings. The van der Waals surface area contributed by atoms with Gasteiger partial charge in [-0.15, -0.1) is 0 Å². The number of aryl methyl sites for hydroxylation is 1. The Balaban J connectivity index is 1.67. The van der Waals surface area contributed by atoms with Gasteiger partial charge in [0.1, 0.15) is 11.3 Å². The number of hydrogen-bond acceptors (Lipinski definition) is 8. The Kier molecular flexibility index (Phi) is 5.08. The smallest absolute Gasteiger partial charge is 0.342 e. The number of aromatic nitrogens is 5. The van der Waals surface area contributed by atoms with Gasteiger partial charge in [0.15, 0.2) is 12.4 Å². The van der Waals surface area contributed by atoms with E-state index in [1.165, 1.54) is 0 Å². The van der Waals surface area contributed by atoms with E-state index < -0.39 is 5.97 Å². The second kappa shape index (κ2) is 8.00. The predicted molar refractivity (Wildman–Crippen MR) is 112 cm³/mol. The summed E-state index contributed by atoms with van der Waals surface area (Å²) >= 11 is 0. The summed E-state index contributed by atoms with van der Waals surface area (Å²) in [5, 5.41) is 4.62. The van der Waals surface area contributed by atoms with E-state index >= 15 is 0 Å². The number of para-hydroxylation sites is 1. The molecule has 0 aliphatic carbocycles. The highest BCUT2D eigenvalue weighted by molar-refractivity contribution is 5.96. The molecule has 9 heteroatoms. The highest BCUT2D eigenvalue weighted by atomic mass is 16.5. The Morgan fingerprint density at radius 2 is 1.63 bits per heavy atom. The summed E-state index contributed by atoms with van der Waals surface area (Å²) in [5.74, 6) is -0.470. The molecule has 2 heterocycles. The lowest BCUT2D eigenvalue weighted by Crippen LogP contribution is -2.11. The van der Waals surface area contributed by atoms with E-state index in [0.29, 0.717) is 11.3 Å². The van der Waals surface area contributed by atoms with Crippen LogP contribution >= 0.6 is 0 Å². The second-order valence-electron chi connectivity index (χ2n) is 6.58. The fraction of sp³-hybridized carbons (Fsp3) is 0.0952. The van der Waals surface area contributed by atoms with Crippen LogP contribution in [0.25, 0.3) is 16.9 Å². The zero-order valence-electron chi connectivity index (χ0n) is 16.2. The van der Waals surface area contributed by atoms with Crippen LogP contribution in [-0.2, 0) is 11.3 Å². The van der Waals surface area contributed by atoms with Gasteiger partial charge in [0.2, 0.25) is 11.9 Å². The minimum absolute atomic E-state index is 0.0363. The molecule has 0 radical (unpaired) electrons. The van der Waals surface area contributed by atoms with Gasteiger partial charge in [-0.3, -0.25) is 0 Å². The van der Waals surface area contributed by atoms with Crippen molar-refractivity contribution in [2.45, 2.75) is 13.5 Å². The normalized spacial score (nSPS) is 10.7. The first kappa shape index (κ1) is 19.1. The van der Waals surface area contributed by atoms with E-state index in [4.69, 9.17) is 16.2 Å². The van der Waals surface area contributed by atoms with Gasteiger partial charge in [-0.1, -0.05) is 48.0 Å². The van der Waals surface area contributed by atoms with Gasteiger partial charge in [0.05, 0.1) is 5.69 Å². The molecule has 0 unspecified atom stereocenters. The van der Waals surface area contributed by atoms with Crippen molar-refractivity contribution >= 4 is 17.9 Å². The maximum Gasteiger partial charge on any atom is 0.342 e. The van der Waals surface area contributed by atoms with Gasteiger partial charge in [-0.25, -0.2) is 9.48 Å². The van der Waals surface area contributed by atoms with Crippen molar-refractivity contribution in [1.29, 1.82) is 0 Å². The minimum Gasteiger partial charge on any atom is -0.454 e. The fourth-order valence-electron chi connectivity index (χ4n) is 2.89. The van der Waals surface area contributed by atoms with Gasteiger partial charge in [0, 0.05) is 11.8 Å². The SMILES string of the molecule is Cc1ccc(-c2nn(-c3ccccc3)cc2C(=O)OCc2nc(N)nc(N)n2)cc1. The summed E-state index contributed by atoms with van der Waals surface area (Å²) in [4.78, 5) is 24.4. The molecule has 4 rings (SSSR count). The number of hydrogen-bond donors (Lipinski definition) is 2. The molecule has 0 amide bonds. The van der Waals surface area contributed by atoms with Crippen molar-refractivity contribution in [2.75, 3.05) is 11.5 Å². The molecule has 0 aliphatic rings. The number of rotatable bonds is 5. The molecule has 30 heavy (non-hydrogen) atoms. The van der Waals surface area contributed by atoms with Gasteiger partial charge >= 0.3 is 5.97 Å². The summed E-state index contributed by atoms with van der Waals surface area (Å²) in [7, 11) is 0. The van der Waals surface area contributed by atoms with Crippen molar-refractivity contribution in [3.05, 3.63) is 77.7 Å². The number of benzene rings is 2. The first-order valence-corrected chi connectivity index (χ1v) is 9.15. The molecular weight excluding hydrogens is 382 g/mol. The number of anilines is 2. The number of carbonyl (C=O) groups is 1. The third kappa shape index (κ3) is 4.09. The molecule has 0 aliphatic heterocycles. The Bertz CT molecular complexity index is 1170. The lowest BCUT2D eigenvalue weighted by atomic mass is 10.1. The van der Waals surface area contributed by atoms with Crippen LogP contribution in [0.15, 0.2) is 60.8 Å². The first-order chi connectivity index (χ1) is 14.5. The zero-order chi connectivity index (χ0) is 21.1. The Morgan fingerprint density at radius 1 is 0.967 bits per heavy atom. The van der Waals surface area contributed by atoms with Crippen LogP contribution in [0.3, 0.4) is 0 Å². The van der Waals surface area contributed by atoms with Crippen LogP contribution in [0, 0.1) is 6.92 Å².